The van der Waals surface area contributed by atoms with Crippen LogP contribution < -0.4 is 0 Å². The maximum atomic E-state index is 14.3. The standard InChI is InChI=1S/C36H51N3O7/c1-7-10-15-22-38(21-9-3)34(43)32-36-20-19-27(46-36)29(30(36)33(42)39(32)24(4)23-40)35(44)45-31(26-16-13-12-14-17-26)25(5)37(6)28(41)18-11-8-2/h8-9,12-14,16-17,24-25,27,29-32,40H,2-3,7,10-11,15,18-23H2,1,4-6H3/t24-,25-,27+,29-,30-,31+,32+,36-/m1/s1. The lowest BCUT2D eigenvalue weighted by Gasteiger charge is -2.38. The number of fused-ring (bicyclic) bond motifs is 1. The maximum absolute atomic E-state index is 14.3. The SMILES string of the molecule is C=CCCC(=O)N(C)[C@H](C)[C@H](OC(=O)[C@@H]1[C@@H]2CC[C@]3(O2)[C@H](C(=O)N(CC=C)CCCCC)N([C@H](C)CO)C(=O)[C@@H]13)c1ccccc1. The molecule has 0 aromatic heterocycles. The number of benzene rings is 1. The van der Waals surface area contributed by atoms with Crippen LogP contribution in [0.4, 0.5) is 0 Å². The molecule has 4 rings (SSSR count). The Morgan fingerprint density at radius 2 is 1.89 bits per heavy atom. The van der Waals surface area contributed by atoms with Crippen molar-refractivity contribution < 1.29 is 33.8 Å². The van der Waals surface area contributed by atoms with E-state index >= 15 is 0 Å². The summed E-state index contributed by atoms with van der Waals surface area (Å²) in [6.07, 6.45) is 6.49. The average molecular weight is 638 g/mol. The van der Waals surface area contributed by atoms with E-state index in [4.69, 9.17) is 9.47 Å². The van der Waals surface area contributed by atoms with E-state index in [1.54, 1.807) is 35.9 Å². The minimum absolute atomic E-state index is 0.101. The lowest BCUT2D eigenvalue weighted by atomic mass is 9.70. The van der Waals surface area contributed by atoms with Gasteiger partial charge in [-0.2, -0.15) is 0 Å². The molecule has 252 valence electrons. The zero-order valence-corrected chi connectivity index (χ0v) is 27.8. The Bertz CT molecular complexity index is 1270. The third kappa shape index (κ3) is 6.65. The quantitative estimate of drug-likeness (QED) is 0.156. The molecule has 0 aliphatic carbocycles. The fraction of sp³-hybridized carbons (Fsp3) is 0.611. The number of unbranched alkanes of at least 4 members (excludes halogenated alkanes) is 2. The fourth-order valence-electron chi connectivity index (χ4n) is 7.50. The highest BCUT2D eigenvalue weighted by molar-refractivity contribution is 5.98. The van der Waals surface area contributed by atoms with Crippen LogP contribution in [-0.4, -0.2) is 100 Å². The number of likely N-dealkylation sites (N-methyl/N-ethyl adjacent to an activating group) is 1. The number of hydrogen-bond acceptors (Lipinski definition) is 7. The van der Waals surface area contributed by atoms with Crippen molar-refractivity contribution in [3.8, 4) is 0 Å². The average Bonchev–Trinajstić information content (AvgIpc) is 3.72. The van der Waals surface area contributed by atoms with Gasteiger partial charge >= 0.3 is 5.97 Å². The Labute approximate surface area is 273 Å². The summed E-state index contributed by atoms with van der Waals surface area (Å²) in [6, 6.07) is 7.11. The molecule has 0 radical (unpaired) electrons. The largest absolute Gasteiger partial charge is 0.455 e. The Kier molecular flexibility index (Phi) is 11.8. The van der Waals surface area contributed by atoms with E-state index in [1.807, 2.05) is 37.3 Å². The van der Waals surface area contributed by atoms with Crippen molar-refractivity contribution in [1.82, 2.24) is 14.7 Å². The normalized spacial score (nSPS) is 26.6. The van der Waals surface area contributed by atoms with Gasteiger partial charge in [0.25, 0.3) is 0 Å². The molecule has 3 aliphatic heterocycles. The predicted octanol–water partition coefficient (Wildman–Crippen LogP) is 4.04. The summed E-state index contributed by atoms with van der Waals surface area (Å²) < 4.78 is 12.9. The molecule has 8 atom stereocenters. The van der Waals surface area contributed by atoms with Gasteiger partial charge in [0.15, 0.2) is 0 Å². The molecule has 1 aromatic carbocycles. The number of ether oxygens (including phenoxy) is 2. The van der Waals surface area contributed by atoms with Gasteiger partial charge < -0.3 is 29.3 Å². The zero-order chi connectivity index (χ0) is 33.6. The lowest BCUT2D eigenvalue weighted by Crippen LogP contribution is -2.58. The molecule has 1 spiro atoms. The van der Waals surface area contributed by atoms with Gasteiger partial charge in [-0.1, -0.05) is 62.2 Å². The Morgan fingerprint density at radius 3 is 2.52 bits per heavy atom. The van der Waals surface area contributed by atoms with E-state index < -0.39 is 53.7 Å². The predicted molar refractivity (Wildman–Crippen MR) is 174 cm³/mol. The molecule has 46 heavy (non-hydrogen) atoms. The summed E-state index contributed by atoms with van der Waals surface area (Å²) >= 11 is 0. The number of rotatable bonds is 17. The molecular formula is C36H51N3O7. The molecule has 0 saturated carbocycles. The van der Waals surface area contributed by atoms with Crippen LogP contribution in [0, 0.1) is 11.8 Å². The molecular weight excluding hydrogens is 586 g/mol. The number of carbonyl (C=O) groups is 4. The maximum Gasteiger partial charge on any atom is 0.313 e. The Hall–Kier alpha value is -3.50. The van der Waals surface area contributed by atoms with Crippen molar-refractivity contribution in [2.24, 2.45) is 11.8 Å². The highest BCUT2D eigenvalue weighted by Gasteiger charge is 2.75. The Balaban J connectivity index is 1.67. The van der Waals surface area contributed by atoms with Crippen molar-refractivity contribution in [3.05, 3.63) is 61.2 Å². The van der Waals surface area contributed by atoms with Crippen molar-refractivity contribution in [1.29, 1.82) is 0 Å². The van der Waals surface area contributed by atoms with Crippen LogP contribution >= 0.6 is 0 Å². The molecule has 3 saturated heterocycles. The van der Waals surface area contributed by atoms with Crippen LogP contribution in [0.1, 0.15) is 77.4 Å². The summed E-state index contributed by atoms with van der Waals surface area (Å²) in [7, 11) is 1.69. The van der Waals surface area contributed by atoms with Crippen LogP contribution in [-0.2, 0) is 28.7 Å². The molecule has 3 fully saturated rings. The number of esters is 1. The molecule has 3 aliphatic rings. The van der Waals surface area contributed by atoms with Gasteiger partial charge in [-0.3, -0.25) is 19.2 Å². The molecule has 1 N–H and O–H groups in total. The van der Waals surface area contributed by atoms with Crippen LogP contribution in [0.15, 0.2) is 55.6 Å². The third-order valence-electron chi connectivity index (χ3n) is 10.1. The van der Waals surface area contributed by atoms with Crippen LogP contribution in [0.2, 0.25) is 0 Å². The van der Waals surface area contributed by atoms with Gasteiger partial charge in [-0.25, -0.2) is 0 Å². The zero-order valence-electron chi connectivity index (χ0n) is 27.8. The first-order valence-electron chi connectivity index (χ1n) is 16.7. The number of allylic oxidation sites excluding steroid dienone is 1. The third-order valence-corrected chi connectivity index (χ3v) is 10.1. The molecule has 0 unspecified atom stereocenters. The summed E-state index contributed by atoms with van der Waals surface area (Å²) in [5.41, 5.74) is -0.486. The highest BCUT2D eigenvalue weighted by atomic mass is 16.6. The second-order valence-electron chi connectivity index (χ2n) is 13.0. The smallest absolute Gasteiger partial charge is 0.313 e. The first-order valence-corrected chi connectivity index (χ1v) is 16.7. The number of amides is 3. The van der Waals surface area contributed by atoms with E-state index in [0.29, 0.717) is 32.4 Å². The monoisotopic (exact) mass is 637 g/mol. The van der Waals surface area contributed by atoms with Gasteiger partial charge in [-0.05, 0) is 45.1 Å². The molecule has 3 amide bonds. The highest BCUT2D eigenvalue weighted by Crippen LogP contribution is 2.59. The number of aliphatic hydroxyl groups excluding tert-OH is 1. The van der Waals surface area contributed by atoms with E-state index in [9.17, 15) is 24.3 Å². The van der Waals surface area contributed by atoms with Crippen LogP contribution in [0.3, 0.4) is 0 Å². The van der Waals surface area contributed by atoms with Crippen molar-refractivity contribution >= 4 is 23.7 Å². The molecule has 1 aromatic rings. The van der Waals surface area contributed by atoms with Crippen molar-refractivity contribution in [3.63, 3.8) is 0 Å². The fourth-order valence-corrected chi connectivity index (χ4v) is 7.50. The molecule has 3 heterocycles. The number of aliphatic hydroxyl groups is 1. The van der Waals surface area contributed by atoms with Gasteiger partial charge in [0.05, 0.1) is 36.6 Å². The topological polar surface area (TPSA) is 117 Å². The second kappa shape index (κ2) is 15.4. The van der Waals surface area contributed by atoms with E-state index in [2.05, 4.69) is 20.1 Å². The minimum atomic E-state index is -1.21. The van der Waals surface area contributed by atoms with E-state index in [0.717, 1.165) is 24.8 Å². The number of hydrogen-bond donors (Lipinski definition) is 1. The van der Waals surface area contributed by atoms with Crippen LogP contribution in [0.5, 0.6) is 0 Å². The van der Waals surface area contributed by atoms with Crippen LogP contribution in [0.25, 0.3) is 0 Å². The number of nitrogens with zero attached hydrogens (tertiary/aromatic N) is 3. The summed E-state index contributed by atoms with van der Waals surface area (Å²) in [4.78, 5) is 60.6. The number of likely N-dealkylation sites (tertiary alicyclic amines) is 1. The minimum Gasteiger partial charge on any atom is -0.455 e. The van der Waals surface area contributed by atoms with Gasteiger partial charge in [0, 0.05) is 26.6 Å². The first-order chi connectivity index (χ1) is 22.1. The lowest BCUT2D eigenvalue weighted by molar-refractivity contribution is -0.165. The number of carbonyl (C=O) groups excluding carboxylic acids is 4. The molecule has 2 bridgehead atoms. The van der Waals surface area contributed by atoms with Crippen molar-refractivity contribution in [2.75, 3.05) is 26.7 Å². The second-order valence-corrected chi connectivity index (χ2v) is 13.0. The molecule has 10 heteroatoms. The van der Waals surface area contributed by atoms with E-state index in [-0.39, 0.29) is 30.7 Å². The Morgan fingerprint density at radius 1 is 1.17 bits per heavy atom. The van der Waals surface area contributed by atoms with E-state index in [1.165, 1.54) is 4.90 Å². The van der Waals surface area contributed by atoms with Gasteiger partial charge in [-0.15, -0.1) is 13.2 Å². The van der Waals surface area contributed by atoms with Crippen molar-refractivity contribution in [2.45, 2.75) is 102 Å². The van der Waals surface area contributed by atoms with Gasteiger partial charge in [0.2, 0.25) is 17.7 Å². The molecule has 10 nitrogen and oxygen atoms in total. The first kappa shape index (κ1) is 35.4. The summed E-state index contributed by atoms with van der Waals surface area (Å²) in [5, 5.41) is 10.2. The summed E-state index contributed by atoms with van der Waals surface area (Å²) in [6.45, 7) is 13.7. The summed E-state index contributed by atoms with van der Waals surface area (Å²) in [5.74, 6) is -3.18. The van der Waals surface area contributed by atoms with Gasteiger partial charge in [0.1, 0.15) is 17.7 Å².